The first-order valence-electron chi connectivity index (χ1n) is 5.00. The van der Waals surface area contributed by atoms with Crippen molar-refractivity contribution in [2.45, 2.75) is 18.9 Å². The average Bonchev–Trinajstić information content (AvgIpc) is 2.14. The molecule has 1 fully saturated rings. The molecule has 80 valence electrons. The van der Waals surface area contributed by atoms with E-state index in [1.54, 1.807) is 12.4 Å². The fourth-order valence-corrected chi connectivity index (χ4v) is 1.84. The van der Waals surface area contributed by atoms with Gasteiger partial charge < -0.3 is 10.0 Å². The first kappa shape index (κ1) is 10.1. The molecule has 0 aromatic carbocycles. The number of aryl methyl sites for hydroxylation is 1. The van der Waals surface area contributed by atoms with Crippen molar-refractivity contribution in [1.82, 2.24) is 9.97 Å². The third-order valence-electron chi connectivity index (χ3n) is 2.61. The minimum atomic E-state index is -0.611. The highest BCUT2D eigenvalue weighted by atomic mass is 16.3. The molecule has 4 nitrogen and oxygen atoms in total. The van der Waals surface area contributed by atoms with Crippen LogP contribution in [0.5, 0.6) is 0 Å². The lowest BCUT2D eigenvalue weighted by molar-refractivity contribution is 0.0146. The highest BCUT2D eigenvalue weighted by Gasteiger charge is 2.40. The lowest BCUT2D eigenvalue weighted by atomic mass is 9.90. The average molecular weight is 205 g/mol. The van der Waals surface area contributed by atoms with Crippen molar-refractivity contribution in [3.05, 3.63) is 30.7 Å². The summed E-state index contributed by atoms with van der Waals surface area (Å²) in [6.07, 6.45) is 3.94. The maximum absolute atomic E-state index is 9.95. The standard InChI is InChI=1S/C11H15N3O/c1-3-4-11(15)6-14(7-11)10-5-9(2)12-8-13-10/h3,5,8,15H,1,4,6-7H2,2H3. The van der Waals surface area contributed by atoms with Crippen molar-refractivity contribution in [2.75, 3.05) is 18.0 Å². The molecule has 1 aromatic rings. The second-order valence-corrected chi connectivity index (χ2v) is 4.09. The third kappa shape index (κ3) is 1.99. The molecule has 0 saturated carbocycles. The highest BCUT2D eigenvalue weighted by molar-refractivity contribution is 5.44. The van der Waals surface area contributed by atoms with Crippen molar-refractivity contribution in [3.63, 3.8) is 0 Å². The molecule has 0 unspecified atom stereocenters. The molecule has 4 heteroatoms. The number of hydrogen-bond acceptors (Lipinski definition) is 4. The summed E-state index contributed by atoms with van der Waals surface area (Å²) in [6.45, 7) is 6.81. The molecule has 0 spiro atoms. The van der Waals surface area contributed by atoms with Gasteiger partial charge in [0, 0.05) is 11.8 Å². The predicted molar refractivity (Wildman–Crippen MR) is 58.7 cm³/mol. The first-order valence-corrected chi connectivity index (χ1v) is 5.00. The van der Waals surface area contributed by atoms with Crippen molar-refractivity contribution in [3.8, 4) is 0 Å². The largest absolute Gasteiger partial charge is 0.386 e. The zero-order valence-electron chi connectivity index (χ0n) is 8.85. The molecule has 0 amide bonds. The van der Waals surface area contributed by atoms with Crippen LogP contribution in [0.1, 0.15) is 12.1 Å². The molecule has 15 heavy (non-hydrogen) atoms. The van der Waals surface area contributed by atoms with E-state index in [2.05, 4.69) is 16.5 Å². The number of nitrogens with zero attached hydrogens (tertiary/aromatic N) is 3. The van der Waals surface area contributed by atoms with E-state index in [0.717, 1.165) is 11.5 Å². The summed E-state index contributed by atoms with van der Waals surface area (Å²) in [5.41, 5.74) is 0.333. The van der Waals surface area contributed by atoms with Gasteiger partial charge in [-0.05, 0) is 13.3 Å². The van der Waals surface area contributed by atoms with Gasteiger partial charge >= 0.3 is 0 Å². The van der Waals surface area contributed by atoms with Crippen LogP contribution in [-0.4, -0.2) is 33.8 Å². The van der Waals surface area contributed by atoms with Crippen LogP contribution in [0.15, 0.2) is 25.0 Å². The smallest absolute Gasteiger partial charge is 0.132 e. The summed E-state index contributed by atoms with van der Waals surface area (Å²) in [5, 5.41) is 9.95. The zero-order chi connectivity index (χ0) is 10.9. The predicted octanol–water partition coefficient (Wildman–Crippen LogP) is 0.912. The maximum atomic E-state index is 9.95. The summed E-state index contributed by atoms with van der Waals surface area (Å²) < 4.78 is 0. The maximum Gasteiger partial charge on any atom is 0.132 e. The van der Waals surface area contributed by atoms with E-state index in [0.29, 0.717) is 19.5 Å². The van der Waals surface area contributed by atoms with E-state index in [4.69, 9.17) is 0 Å². The molecule has 1 N–H and O–H groups in total. The van der Waals surface area contributed by atoms with E-state index in [-0.39, 0.29) is 0 Å². The first-order chi connectivity index (χ1) is 7.13. The lowest BCUT2D eigenvalue weighted by Crippen LogP contribution is -2.62. The van der Waals surface area contributed by atoms with Gasteiger partial charge in [0.1, 0.15) is 17.7 Å². The quantitative estimate of drug-likeness (QED) is 0.745. The molecule has 1 aromatic heterocycles. The highest BCUT2D eigenvalue weighted by Crippen LogP contribution is 2.28. The second kappa shape index (κ2) is 3.62. The number of β-amino-alcohol motifs (C(OH)–C–C–N with tert-alkyl or cyclic N) is 1. The SMILES string of the molecule is C=CCC1(O)CN(c2cc(C)ncn2)C1. The van der Waals surface area contributed by atoms with E-state index in [1.807, 2.05) is 17.9 Å². The number of hydrogen-bond donors (Lipinski definition) is 1. The van der Waals surface area contributed by atoms with Crippen LogP contribution in [-0.2, 0) is 0 Å². The summed E-state index contributed by atoms with van der Waals surface area (Å²) >= 11 is 0. The van der Waals surface area contributed by atoms with E-state index in [9.17, 15) is 5.11 Å². The number of aromatic nitrogens is 2. The van der Waals surface area contributed by atoms with Crippen molar-refractivity contribution in [1.29, 1.82) is 0 Å². The molecule has 1 aliphatic heterocycles. The molecule has 0 radical (unpaired) electrons. The van der Waals surface area contributed by atoms with E-state index < -0.39 is 5.60 Å². The summed E-state index contributed by atoms with van der Waals surface area (Å²) in [5.74, 6) is 0.885. The number of aliphatic hydroxyl groups is 1. The normalized spacial score (nSPS) is 18.4. The Labute approximate surface area is 89.3 Å². The van der Waals surface area contributed by atoms with Gasteiger partial charge in [0.05, 0.1) is 13.1 Å². The van der Waals surface area contributed by atoms with Crippen LogP contribution in [0.4, 0.5) is 5.82 Å². The zero-order valence-corrected chi connectivity index (χ0v) is 8.85. The van der Waals surface area contributed by atoms with Crippen LogP contribution in [0, 0.1) is 6.92 Å². The summed E-state index contributed by atoms with van der Waals surface area (Å²) in [6, 6.07) is 1.92. The van der Waals surface area contributed by atoms with Crippen LogP contribution in [0.25, 0.3) is 0 Å². The summed E-state index contributed by atoms with van der Waals surface area (Å²) in [4.78, 5) is 10.2. The van der Waals surface area contributed by atoms with E-state index >= 15 is 0 Å². The molecular weight excluding hydrogens is 190 g/mol. The van der Waals surface area contributed by atoms with Gasteiger partial charge in [0.2, 0.25) is 0 Å². The molecule has 2 heterocycles. The fourth-order valence-electron chi connectivity index (χ4n) is 1.84. The van der Waals surface area contributed by atoms with Crippen molar-refractivity contribution < 1.29 is 5.11 Å². The molecule has 1 aliphatic rings. The van der Waals surface area contributed by atoms with Crippen LogP contribution in [0.2, 0.25) is 0 Å². The van der Waals surface area contributed by atoms with Crippen molar-refractivity contribution in [2.24, 2.45) is 0 Å². The van der Waals surface area contributed by atoms with Gasteiger partial charge in [-0.1, -0.05) is 6.08 Å². The summed E-state index contributed by atoms with van der Waals surface area (Å²) in [7, 11) is 0. The molecule has 2 rings (SSSR count). The Morgan fingerprint density at radius 1 is 1.60 bits per heavy atom. The van der Waals surface area contributed by atoms with Gasteiger partial charge in [0.15, 0.2) is 0 Å². The Morgan fingerprint density at radius 2 is 2.33 bits per heavy atom. The molecule has 0 aliphatic carbocycles. The Balaban J connectivity index is 2.02. The van der Waals surface area contributed by atoms with Gasteiger partial charge in [0.25, 0.3) is 0 Å². The minimum Gasteiger partial charge on any atom is -0.386 e. The monoisotopic (exact) mass is 205 g/mol. The van der Waals surface area contributed by atoms with Crippen LogP contribution in [0.3, 0.4) is 0 Å². The topological polar surface area (TPSA) is 49.2 Å². The fraction of sp³-hybridized carbons (Fsp3) is 0.455. The number of rotatable bonds is 3. The Bertz CT molecular complexity index is 372. The Kier molecular flexibility index (Phi) is 2.44. The number of anilines is 1. The van der Waals surface area contributed by atoms with Gasteiger partial charge in [-0.2, -0.15) is 0 Å². The molecule has 0 atom stereocenters. The second-order valence-electron chi connectivity index (χ2n) is 4.09. The minimum absolute atomic E-state index is 0.611. The van der Waals surface area contributed by atoms with Gasteiger partial charge in [-0.15, -0.1) is 6.58 Å². The molecule has 1 saturated heterocycles. The van der Waals surface area contributed by atoms with Crippen LogP contribution >= 0.6 is 0 Å². The lowest BCUT2D eigenvalue weighted by Gasteiger charge is -2.46. The Hall–Kier alpha value is -1.42. The van der Waals surface area contributed by atoms with E-state index in [1.165, 1.54) is 0 Å². The van der Waals surface area contributed by atoms with Crippen molar-refractivity contribution >= 4 is 5.82 Å². The molecule has 0 bridgehead atoms. The Morgan fingerprint density at radius 3 is 2.93 bits per heavy atom. The molecular formula is C11H15N3O. The van der Waals surface area contributed by atoms with Gasteiger partial charge in [-0.3, -0.25) is 0 Å². The van der Waals surface area contributed by atoms with Gasteiger partial charge in [-0.25, -0.2) is 9.97 Å². The third-order valence-corrected chi connectivity index (χ3v) is 2.61. The van der Waals surface area contributed by atoms with Crippen LogP contribution < -0.4 is 4.90 Å².